The molecule has 9 nitrogen and oxygen atoms in total. The van der Waals surface area contributed by atoms with Crippen LogP contribution in [-0.4, -0.2) is 33.0 Å². The van der Waals surface area contributed by atoms with Crippen LogP contribution in [0, 0.1) is 0 Å². The van der Waals surface area contributed by atoms with Gasteiger partial charge in [0.1, 0.15) is 0 Å². The number of nitrogens with one attached hydrogen (secondary N) is 2. The predicted molar refractivity (Wildman–Crippen MR) is 157 cm³/mol. The van der Waals surface area contributed by atoms with Crippen molar-refractivity contribution in [1.29, 1.82) is 0 Å². The van der Waals surface area contributed by atoms with Crippen LogP contribution in [-0.2, 0) is 35.3 Å². The van der Waals surface area contributed by atoms with Crippen molar-refractivity contribution in [3.63, 3.8) is 0 Å². The topological polar surface area (TPSA) is 109 Å². The lowest BCUT2D eigenvalue weighted by atomic mass is 10.0. The molecule has 2 bridgehead atoms. The third kappa shape index (κ3) is 7.06. The zero-order chi connectivity index (χ0) is 27.4. The highest BCUT2D eigenvalue weighted by Gasteiger charge is 2.45. The first-order valence-corrected chi connectivity index (χ1v) is 16.5. The van der Waals surface area contributed by atoms with Gasteiger partial charge >= 0.3 is 15.6 Å². The van der Waals surface area contributed by atoms with E-state index in [0.717, 1.165) is 15.4 Å². The van der Waals surface area contributed by atoms with Gasteiger partial charge < -0.3 is 19.7 Å². The molecule has 0 radical (unpaired) electrons. The molecule has 3 N–H and O–H groups in total. The van der Waals surface area contributed by atoms with Gasteiger partial charge in [-0.3, -0.25) is 4.89 Å². The summed E-state index contributed by atoms with van der Waals surface area (Å²) in [5.41, 5.74) is 2.43. The Morgan fingerprint density at radius 3 is 2.08 bits per heavy atom. The average Bonchev–Trinajstić information content (AvgIpc) is 2.82. The number of hydrogen-bond donors (Lipinski definition) is 3. The molecule has 0 aromatic heterocycles. The highest BCUT2D eigenvalue weighted by atomic mass is 35.5. The van der Waals surface area contributed by atoms with Crippen molar-refractivity contribution < 1.29 is 27.4 Å². The van der Waals surface area contributed by atoms with Gasteiger partial charge in [0.15, 0.2) is 0 Å². The number of anilines is 2. The van der Waals surface area contributed by atoms with Crippen LogP contribution in [0.5, 0.6) is 0 Å². The summed E-state index contributed by atoms with van der Waals surface area (Å²) in [6, 6.07) is 9.69. The molecule has 2 atom stereocenters. The molecule has 15 heteroatoms. The lowest BCUT2D eigenvalue weighted by Crippen LogP contribution is -2.26. The fourth-order valence-corrected chi connectivity index (χ4v) is 9.12. The van der Waals surface area contributed by atoms with Gasteiger partial charge in [-0.05, 0) is 60.5 Å². The van der Waals surface area contributed by atoms with Crippen molar-refractivity contribution in [3.05, 3.63) is 46.5 Å². The maximum atomic E-state index is 13.8. The first-order chi connectivity index (χ1) is 17.5. The summed E-state index contributed by atoms with van der Waals surface area (Å²) in [5, 5.41) is 5.43. The number of phosphoric acid groups is 1. The van der Waals surface area contributed by atoms with Gasteiger partial charge in [0.2, 0.25) is 0 Å². The number of thiocarbonyl (C=S) groups is 2. The first-order valence-electron chi connectivity index (χ1n) is 11.5. The lowest BCUT2D eigenvalue weighted by molar-refractivity contribution is 0.236. The van der Waals surface area contributed by atoms with E-state index in [0.29, 0.717) is 34.8 Å². The molecule has 0 saturated carbocycles. The van der Waals surface area contributed by atoms with E-state index in [1.54, 1.807) is 13.8 Å². The summed E-state index contributed by atoms with van der Waals surface area (Å²) < 4.78 is 43.6. The van der Waals surface area contributed by atoms with Gasteiger partial charge in [-0.1, -0.05) is 69.3 Å². The Kier molecular flexibility index (Phi) is 10.5. The lowest BCUT2D eigenvalue weighted by Gasteiger charge is -2.29. The van der Waals surface area contributed by atoms with Crippen LogP contribution in [0.25, 0.3) is 0 Å². The van der Waals surface area contributed by atoms with E-state index in [1.807, 2.05) is 44.2 Å². The minimum Gasteiger partial charge on any atom is -0.386 e. The summed E-state index contributed by atoms with van der Waals surface area (Å²) >= 11 is 19.0. The van der Waals surface area contributed by atoms with Gasteiger partial charge in [0.05, 0.1) is 16.4 Å². The van der Waals surface area contributed by atoms with Gasteiger partial charge in [-0.2, -0.15) is 8.98 Å². The Hall–Kier alpha value is -1.20. The van der Waals surface area contributed by atoms with Crippen LogP contribution < -0.4 is 10.6 Å². The minimum atomic E-state index is -5.02. The monoisotopic (exact) mass is 623 g/mol. The SMILES string of the molecule is CCc1c(Cl)c2c(CC)c(Sc3ccccc3)c1NC(=S)OP(=O)(N(CC)CC)OP(=O)(O)OC(=S)N2. The normalized spacial score (nSPS) is 22.2. The number of hydrogen-bond acceptors (Lipinski definition) is 8. The molecule has 2 aromatic carbocycles. The number of benzene rings is 2. The summed E-state index contributed by atoms with van der Waals surface area (Å²) in [6.07, 6.45) is 0.998. The summed E-state index contributed by atoms with van der Waals surface area (Å²) in [7, 11) is -9.48. The fourth-order valence-electron chi connectivity index (χ4n) is 3.75. The number of fused-ring (bicyclic) bond motifs is 10. The highest BCUT2D eigenvalue weighted by Crippen LogP contribution is 2.65. The van der Waals surface area contributed by atoms with Crippen molar-refractivity contribution in [2.45, 2.75) is 50.3 Å². The number of halogens is 1. The second-order valence-corrected chi connectivity index (χ2v) is 13.3. The maximum Gasteiger partial charge on any atom is 0.538 e. The molecular weight excluding hydrogens is 596 g/mol. The Balaban J connectivity index is 2.28. The summed E-state index contributed by atoms with van der Waals surface area (Å²) in [4.78, 5) is 12.2. The van der Waals surface area contributed by atoms with Crippen LogP contribution in [0.2, 0.25) is 5.02 Å². The zero-order valence-electron chi connectivity index (χ0n) is 20.6. The molecule has 0 saturated heterocycles. The molecule has 2 aromatic rings. The van der Waals surface area contributed by atoms with Crippen molar-refractivity contribution in [2.24, 2.45) is 0 Å². The van der Waals surface area contributed by atoms with Gasteiger partial charge in [-0.15, -0.1) is 0 Å². The third-order valence-electron chi connectivity index (χ3n) is 5.39. The standard InChI is InChI=1S/C22H28ClN3O6P2S3/c1-5-15-17(23)18-16(6-2)20(37-14-12-10-9-11-13-14)19(15)25-21(35)30-33(27,26(7-3)8-4)32-34(28,29)31-22(36)24-18/h9-13H,5-8H2,1-4H3,(H,24,36)(H,25,35)(H,28,29). The summed E-state index contributed by atoms with van der Waals surface area (Å²) in [5.74, 6) is 0. The second kappa shape index (κ2) is 12.8. The van der Waals surface area contributed by atoms with E-state index in [2.05, 4.69) is 10.6 Å². The van der Waals surface area contributed by atoms with Crippen LogP contribution in [0.3, 0.4) is 0 Å². The Morgan fingerprint density at radius 1 is 0.946 bits per heavy atom. The highest BCUT2D eigenvalue weighted by molar-refractivity contribution is 7.99. The number of phosphoric ester groups is 1. The van der Waals surface area contributed by atoms with Crippen LogP contribution in [0.15, 0.2) is 40.1 Å². The zero-order valence-corrected chi connectivity index (χ0v) is 25.6. The minimum absolute atomic E-state index is 0.175. The number of rotatable bonds is 7. The van der Waals surface area contributed by atoms with E-state index in [9.17, 15) is 14.0 Å². The first kappa shape index (κ1) is 30.3. The van der Waals surface area contributed by atoms with Crippen LogP contribution in [0.1, 0.15) is 38.8 Å². The van der Waals surface area contributed by atoms with Gasteiger partial charge in [0, 0.05) is 22.9 Å². The summed E-state index contributed by atoms with van der Waals surface area (Å²) in [6.45, 7) is 7.59. The predicted octanol–water partition coefficient (Wildman–Crippen LogP) is 7.62. The molecule has 0 aliphatic carbocycles. The molecule has 0 amide bonds. The van der Waals surface area contributed by atoms with Crippen LogP contribution in [0.4, 0.5) is 11.4 Å². The molecule has 4 rings (SSSR count). The third-order valence-corrected chi connectivity index (χ3v) is 11.3. The van der Waals surface area contributed by atoms with Crippen molar-refractivity contribution in [3.8, 4) is 0 Å². The molecule has 202 valence electrons. The van der Waals surface area contributed by atoms with E-state index in [1.165, 1.54) is 16.4 Å². The van der Waals surface area contributed by atoms with E-state index >= 15 is 0 Å². The molecule has 37 heavy (non-hydrogen) atoms. The molecule has 0 spiro atoms. The quantitative estimate of drug-likeness (QED) is 0.208. The van der Waals surface area contributed by atoms with Crippen LogP contribution >= 0.6 is 63.4 Å². The van der Waals surface area contributed by atoms with Crippen molar-refractivity contribution in [1.82, 2.24) is 4.67 Å². The smallest absolute Gasteiger partial charge is 0.386 e. The molecule has 2 aliphatic rings. The Labute approximate surface area is 236 Å². The molecular formula is C22H28ClN3O6P2S3. The molecule has 2 aliphatic heterocycles. The van der Waals surface area contributed by atoms with E-state index < -0.39 is 20.7 Å². The average molecular weight is 624 g/mol. The van der Waals surface area contributed by atoms with Gasteiger partial charge in [0.25, 0.3) is 10.3 Å². The largest absolute Gasteiger partial charge is 0.538 e. The molecule has 0 fully saturated rings. The number of nitrogens with zero attached hydrogens (tertiary/aromatic N) is 1. The van der Waals surface area contributed by atoms with Crippen molar-refractivity contribution >= 4 is 85.1 Å². The molecule has 2 heterocycles. The molecule has 2 unspecified atom stereocenters. The van der Waals surface area contributed by atoms with E-state index in [4.69, 9.17) is 49.4 Å². The van der Waals surface area contributed by atoms with Gasteiger partial charge in [-0.25, -0.2) is 9.13 Å². The fraction of sp³-hybridized carbons (Fsp3) is 0.364. The Bertz CT molecular complexity index is 1280. The van der Waals surface area contributed by atoms with E-state index in [-0.39, 0.29) is 18.3 Å². The second-order valence-electron chi connectivity index (χ2n) is 7.64. The maximum absolute atomic E-state index is 13.8. The van der Waals surface area contributed by atoms with Crippen molar-refractivity contribution in [2.75, 3.05) is 23.7 Å². The Morgan fingerprint density at radius 2 is 1.51 bits per heavy atom.